The third-order valence-corrected chi connectivity index (χ3v) is 3.06. The van der Waals surface area contributed by atoms with Crippen molar-refractivity contribution in [3.63, 3.8) is 0 Å². The van der Waals surface area contributed by atoms with Gasteiger partial charge in [0, 0.05) is 18.3 Å². The SMILES string of the molecule is Cc1cc(NC(=O)C(C)C)ncc1NC(=O)c1cccnc1. The molecule has 0 unspecified atom stereocenters. The molecule has 0 aromatic carbocycles. The Morgan fingerprint density at radius 1 is 1.18 bits per heavy atom. The summed E-state index contributed by atoms with van der Waals surface area (Å²) in [5.74, 6) is -0.00125. The van der Waals surface area contributed by atoms with E-state index in [2.05, 4.69) is 20.6 Å². The molecule has 0 fully saturated rings. The summed E-state index contributed by atoms with van der Waals surface area (Å²) in [6, 6.07) is 5.10. The van der Waals surface area contributed by atoms with Crippen LogP contribution in [0.25, 0.3) is 0 Å². The molecule has 0 saturated carbocycles. The molecule has 6 heteroatoms. The quantitative estimate of drug-likeness (QED) is 0.908. The summed E-state index contributed by atoms with van der Waals surface area (Å²) in [6.45, 7) is 5.46. The van der Waals surface area contributed by atoms with Gasteiger partial charge in [0.15, 0.2) is 0 Å². The summed E-state index contributed by atoms with van der Waals surface area (Å²) in [5, 5.41) is 5.50. The van der Waals surface area contributed by atoms with E-state index in [0.717, 1.165) is 5.56 Å². The molecular formula is C16H18N4O2. The first-order chi connectivity index (χ1) is 10.5. The van der Waals surface area contributed by atoms with E-state index in [0.29, 0.717) is 17.1 Å². The third kappa shape index (κ3) is 3.88. The minimum Gasteiger partial charge on any atom is -0.320 e. The first-order valence-corrected chi connectivity index (χ1v) is 6.96. The maximum atomic E-state index is 12.1. The zero-order valence-corrected chi connectivity index (χ0v) is 12.8. The van der Waals surface area contributed by atoms with Crippen LogP contribution in [0.5, 0.6) is 0 Å². The molecule has 22 heavy (non-hydrogen) atoms. The summed E-state index contributed by atoms with van der Waals surface area (Å²) in [4.78, 5) is 31.8. The zero-order valence-electron chi connectivity index (χ0n) is 12.8. The molecule has 0 spiro atoms. The van der Waals surface area contributed by atoms with Crippen LogP contribution >= 0.6 is 0 Å². The second-order valence-corrected chi connectivity index (χ2v) is 5.22. The van der Waals surface area contributed by atoms with Crippen molar-refractivity contribution in [2.45, 2.75) is 20.8 Å². The molecule has 2 amide bonds. The molecular weight excluding hydrogens is 280 g/mol. The maximum absolute atomic E-state index is 12.1. The standard InChI is InChI=1S/C16H18N4O2/c1-10(2)15(21)20-14-7-11(3)13(9-18-14)19-16(22)12-5-4-6-17-8-12/h4-10H,1-3H3,(H,19,22)(H,18,20,21). The van der Waals surface area contributed by atoms with E-state index in [9.17, 15) is 9.59 Å². The second kappa shape index (κ2) is 6.80. The van der Waals surface area contributed by atoms with Gasteiger partial charge >= 0.3 is 0 Å². The van der Waals surface area contributed by atoms with Gasteiger partial charge in [-0.15, -0.1) is 0 Å². The Kier molecular flexibility index (Phi) is 4.83. The monoisotopic (exact) mass is 298 g/mol. The molecule has 0 aliphatic heterocycles. The fraction of sp³-hybridized carbons (Fsp3) is 0.250. The number of aryl methyl sites for hydroxylation is 1. The fourth-order valence-corrected chi connectivity index (χ4v) is 1.72. The molecule has 2 rings (SSSR count). The van der Waals surface area contributed by atoms with Crippen molar-refractivity contribution in [3.05, 3.63) is 47.9 Å². The van der Waals surface area contributed by atoms with E-state index >= 15 is 0 Å². The van der Waals surface area contributed by atoms with E-state index in [-0.39, 0.29) is 17.7 Å². The van der Waals surface area contributed by atoms with Crippen LogP contribution in [-0.4, -0.2) is 21.8 Å². The van der Waals surface area contributed by atoms with Crippen molar-refractivity contribution < 1.29 is 9.59 Å². The number of nitrogens with zero attached hydrogens (tertiary/aromatic N) is 2. The summed E-state index contributed by atoms with van der Waals surface area (Å²) >= 11 is 0. The predicted molar refractivity (Wildman–Crippen MR) is 84.6 cm³/mol. The lowest BCUT2D eigenvalue weighted by Gasteiger charge is -2.11. The molecule has 0 aliphatic carbocycles. The first kappa shape index (κ1) is 15.6. The highest BCUT2D eigenvalue weighted by Crippen LogP contribution is 2.18. The zero-order chi connectivity index (χ0) is 16.1. The van der Waals surface area contributed by atoms with Crippen molar-refractivity contribution in [2.24, 2.45) is 5.92 Å². The van der Waals surface area contributed by atoms with Crippen LogP contribution in [0, 0.1) is 12.8 Å². The molecule has 2 N–H and O–H groups in total. The third-order valence-electron chi connectivity index (χ3n) is 3.06. The number of rotatable bonds is 4. The fourth-order valence-electron chi connectivity index (χ4n) is 1.72. The van der Waals surface area contributed by atoms with Crippen molar-refractivity contribution in [2.75, 3.05) is 10.6 Å². The van der Waals surface area contributed by atoms with Gasteiger partial charge in [0.05, 0.1) is 17.4 Å². The number of pyridine rings is 2. The molecule has 114 valence electrons. The highest BCUT2D eigenvalue weighted by molar-refractivity contribution is 6.04. The smallest absolute Gasteiger partial charge is 0.257 e. The highest BCUT2D eigenvalue weighted by Gasteiger charge is 2.11. The van der Waals surface area contributed by atoms with Crippen molar-refractivity contribution >= 4 is 23.3 Å². The van der Waals surface area contributed by atoms with Crippen LogP contribution < -0.4 is 10.6 Å². The highest BCUT2D eigenvalue weighted by atomic mass is 16.2. The number of carbonyl (C=O) groups is 2. The van der Waals surface area contributed by atoms with E-state index in [1.807, 2.05) is 20.8 Å². The number of anilines is 2. The van der Waals surface area contributed by atoms with Gasteiger partial charge in [-0.05, 0) is 30.7 Å². The van der Waals surface area contributed by atoms with Gasteiger partial charge in [0.25, 0.3) is 5.91 Å². The van der Waals surface area contributed by atoms with E-state index < -0.39 is 0 Å². The predicted octanol–water partition coefficient (Wildman–Crippen LogP) is 2.63. The summed E-state index contributed by atoms with van der Waals surface area (Å²) in [5.41, 5.74) is 1.88. The molecule has 0 radical (unpaired) electrons. The van der Waals surface area contributed by atoms with Crippen molar-refractivity contribution in [3.8, 4) is 0 Å². The van der Waals surface area contributed by atoms with E-state index in [1.54, 1.807) is 24.4 Å². The summed E-state index contributed by atoms with van der Waals surface area (Å²) in [7, 11) is 0. The lowest BCUT2D eigenvalue weighted by Crippen LogP contribution is -2.19. The molecule has 2 heterocycles. The minimum absolute atomic E-state index is 0.0981. The number of hydrogen-bond acceptors (Lipinski definition) is 4. The molecule has 2 aromatic rings. The van der Waals surface area contributed by atoms with Gasteiger partial charge in [-0.2, -0.15) is 0 Å². The second-order valence-electron chi connectivity index (χ2n) is 5.22. The van der Waals surface area contributed by atoms with E-state index in [4.69, 9.17) is 0 Å². The van der Waals surface area contributed by atoms with Crippen molar-refractivity contribution in [1.29, 1.82) is 0 Å². The average Bonchev–Trinajstić information content (AvgIpc) is 2.50. The van der Waals surface area contributed by atoms with Gasteiger partial charge < -0.3 is 10.6 Å². The van der Waals surface area contributed by atoms with E-state index in [1.165, 1.54) is 12.4 Å². The van der Waals surface area contributed by atoms with Crippen LogP contribution in [0.3, 0.4) is 0 Å². The van der Waals surface area contributed by atoms with Crippen molar-refractivity contribution in [1.82, 2.24) is 9.97 Å². The number of nitrogens with one attached hydrogen (secondary N) is 2. The lowest BCUT2D eigenvalue weighted by molar-refractivity contribution is -0.118. The van der Waals surface area contributed by atoms with Crippen LogP contribution in [0.4, 0.5) is 11.5 Å². The summed E-state index contributed by atoms with van der Waals surface area (Å²) < 4.78 is 0. The Labute approximate surface area is 129 Å². The van der Waals surface area contributed by atoms with Gasteiger partial charge in [-0.25, -0.2) is 4.98 Å². The molecule has 0 atom stereocenters. The molecule has 6 nitrogen and oxygen atoms in total. The molecule has 2 aromatic heterocycles. The Morgan fingerprint density at radius 3 is 2.55 bits per heavy atom. The van der Waals surface area contributed by atoms with Gasteiger partial charge in [0.1, 0.15) is 5.82 Å². The summed E-state index contributed by atoms with van der Waals surface area (Å²) in [6.07, 6.45) is 4.63. The van der Waals surface area contributed by atoms with Gasteiger partial charge in [-0.3, -0.25) is 14.6 Å². The largest absolute Gasteiger partial charge is 0.320 e. The van der Waals surface area contributed by atoms with Gasteiger partial charge in [-0.1, -0.05) is 13.8 Å². The Hall–Kier alpha value is -2.76. The van der Waals surface area contributed by atoms with Crippen LogP contribution in [0.1, 0.15) is 29.8 Å². The minimum atomic E-state index is -0.253. The molecule has 0 aliphatic rings. The molecule has 0 bridgehead atoms. The number of carbonyl (C=O) groups excluding carboxylic acids is 2. The Bertz CT molecular complexity index is 684. The average molecular weight is 298 g/mol. The van der Waals surface area contributed by atoms with Crippen LogP contribution in [0.15, 0.2) is 36.8 Å². The number of aromatic nitrogens is 2. The van der Waals surface area contributed by atoms with Crippen LogP contribution in [0.2, 0.25) is 0 Å². The number of hydrogen-bond donors (Lipinski definition) is 2. The number of amides is 2. The Balaban J connectivity index is 2.10. The van der Waals surface area contributed by atoms with Gasteiger partial charge in [0.2, 0.25) is 5.91 Å². The molecule has 0 saturated heterocycles. The normalized spacial score (nSPS) is 10.4. The maximum Gasteiger partial charge on any atom is 0.257 e. The lowest BCUT2D eigenvalue weighted by atomic mass is 10.2. The topological polar surface area (TPSA) is 84.0 Å². The first-order valence-electron chi connectivity index (χ1n) is 6.96. The van der Waals surface area contributed by atoms with Crippen LogP contribution in [-0.2, 0) is 4.79 Å². The Morgan fingerprint density at radius 2 is 1.95 bits per heavy atom.